The Morgan fingerprint density at radius 1 is 0.879 bits per heavy atom. The average Bonchev–Trinajstić information content (AvgIpc) is 2.76. The van der Waals surface area contributed by atoms with E-state index < -0.39 is 28.0 Å². The number of benzene rings is 3. The van der Waals surface area contributed by atoms with Gasteiger partial charge in [0.15, 0.2) is 0 Å². The molecule has 33 heavy (non-hydrogen) atoms. The molecular formula is C22H19F4NO5S. The first-order valence-electron chi connectivity index (χ1n) is 9.39. The molecule has 176 valence electrons. The second-order valence-corrected chi connectivity index (χ2v) is 8.44. The molecule has 0 aromatic heterocycles. The predicted octanol–water partition coefficient (Wildman–Crippen LogP) is 4.89. The van der Waals surface area contributed by atoms with Gasteiger partial charge in [0.2, 0.25) is 10.0 Å². The van der Waals surface area contributed by atoms with Gasteiger partial charge in [0.1, 0.15) is 23.1 Å². The van der Waals surface area contributed by atoms with Crippen molar-refractivity contribution in [2.75, 3.05) is 14.2 Å². The molecule has 0 saturated heterocycles. The van der Waals surface area contributed by atoms with E-state index in [1.54, 1.807) is 18.2 Å². The summed E-state index contributed by atoms with van der Waals surface area (Å²) in [6.45, 7) is -0.248. The maximum absolute atomic E-state index is 13.9. The number of methoxy groups -OCH3 is 2. The molecule has 0 aliphatic rings. The minimum atomic E-state index is -4.89. The molecule has 3 rings (SSSR count). The molecule has 0 amide bonds. The molecule has 0 saturated carbocycles. The van der Waals surface area contributed by atoms with E-state index in [1.165, 1.54) is 32.4 Å². The number of rotatable bonds is 8. The fourth-order valence-corrected chi connectivity index (χ4v) is 4.15. The van der Waals surface area contributed by atoms with Crippen LogP contribution < -0.4 is 18.9 Å². The highest BCUT2D eigenvalue weighted by molar-refractivity contribution is 7.89. The highest BCUT2D eigenvalue weighted by atomic mass is 32.2. The van der Waals surface area contributed by atoms with E-state index >= 15 is 0 Å². The summed E-state index contributed by atoms with van der Waals surface area (Å²) in [6.07, 6.45) is -4.89. The quantitative estimate of drug-likeness (QED) is 0.460. The van der Waals surface area contributed by atoms with E-state index in [1.807, 2.05) is 0 Å². The van der Waals surface area contributed by atoms with Gasteiger partial charge in [-0.3, -0.25) is 0 Å². The molecule has 0 atom stereocenters. The zero-order chi connectivity index (χ0) is 24.2. The maximum Gasteiger partial charge on any atom is 0.573 e. The van der Waals surface area contributed by atoms with Crippen LogP contribution in [0.4, 0.5) is 17.6 Å². The third kappa shape index (κ3) is 5.93. The Labute approximate surface area is 187 Å². The molecule has 0 fully saturated rings. The molecule has 3 aromatic carbocycles. The van der Waals surface area contributed by atoms with Crippen LogP contribution in [0, 0.1) is 5.82 Å². The summed E-state index contributed by atoms with van der Waals surface area (Å²) < 4.78 is 93.1. The highest BCUT2D eigenvalue weighted by Gasteiger charge is 2.31. The Bertz CT molecular complexity index is 1230. The lowest BCUT2D eigenvalue weighted by Crippen LogP contribution is -2.24. The fraction of sp³-hybridized carbons (Fsp3) is 0.182. The Morgan fingerprint density at radius 2 is 1.55 bits per heavy atom. The molecule has 0 bridgehead atoms. The van der Waals surface area contributed by atoms with Crippen molar-refractivity contribution in [1.82, 2.24) is 4.72 Å². The summed E-state index contributed by atoms with van der Waals surface area (Å²) in [4.78, 5) is -0.267. The van der Waals surface area contributed by atoms with Crippen LogP contribution >= 0.6 is 0 Å². The first-order chi connectivity index (χ1) is 15.5. The largest absolute Gasteiger partial charge is 0.573 e. The van der Waals surface area contributed by atoms with Gasteiger partial charge >= 0.3 is 6.36 Å². The van der Waals surface area contributed by atoms with Crippen LogP contribution in [-0.4, -0.2) is 29.0 Å². The van der Waals surface area contributed by atoms with Crippen LogP contribution in [0.3, 0.4) is 0 Å². The number of alkyl halides is 3. The van der Waals surface area contributed by atoms with E-state index in [2.05, 4.69) is 9.46 Å². The van der Waals surface area contributed by atoms with Gasteiger partial charge in [-0.15, -0.1) is 13.2 Å². The standard InChI is InChI=1S/C22H19F4NO5S/c1-30-20-5-3-4-17(18-12-14(23)6-11-21(18)31-2)19(20)13-27-33(28,29)16-9-7-15(8-10-16)32-22(24,25)26/h3-12,27H,13H2,1-2H3. The van der Waals surface area contributed by atoms with Crippen molar-refractivity contribution in [3.05, 3.63) is 72.0 Å². The molecule has 0 unspecified atom stereocenters. The van der Waals surface area contributed by atoms with E-state index in [4.69, 9.17) is 9.47 Å². The highest BCUT2D eigenvalue weighted by Crippen LogP contribution is 2.37. The molecule has 6 nitrogen and oxygen atoms in total. The van der Waals surface area contributed by atoms with Crippen molar-refractivity contribution in [3.63, 3.8) is 0 Å². The summed E-state index contributed by atoms with van der Waals surface area (Å²) in [5.74, 6) is -0.350. The Kier molecular flexibility index (Phi) is 7.13. The number of hydrogen-bond acceptors (Lipinski definition) is 5. The van der Waals surface area contributed by atoms with Gasteiger partial charge in [0, 0.05) is 17.7 Å². The molecule has 0 radical (unpaired) electrons. The van der Waals surface area contributed by atoms with Crippen LogP contribution in [0.15, 0.2) is 65.6 Å². The van der Waals surface area contributed by atoms with Crippen LogP contribution in [0.2, 0.25) is 0 Å². The van der Waals surface area contributed by atoms with Crippen molar-refractivity contribution in [2.45, 2.75) is 17.8 Å². The van der Waals surface area contributed by atoms with Gasteiger partial charge in [0.05, 0.1) is 19.1 Å². The van der Waals surface area contributed by atoms with Gasteiger partial charge in [-0.25, -0.2) is 17.5 Å². The summed E-state index contributed by atoms with van der Waals surface area (Å²) in [7, 11) is -1.29. The predicted molar refractivity (Wildman–Crippen MR) is 112 cm³/mol. The number of nitrogens with one attached hydrogen (secondary N) is 1. The van der Waals surface area contributed by atoms with Crippen molar-refractivity contribution in [3.8, 4) is 28.4 Å². The molecule has 0 aliphatic carbocycles. The number of sulfonamides is 1. The number of hydrogen-bond donors (Lipinski definition) is 1. The zero-order valence-electron chi connectivity index (χ0n) is 17.4. The molecule has 1 N–H and O–H groups in total. The molecule has 3 aromatic rings. The lowest BCUT2D eigenvalue weighted by atomic mass is 9.98. The Morgan fingerprint density at radius 3 is 2.15 bits per heavy atom. The molecule has 0 heterocycles. The van der Waals surface area contributed by atoms with Gasteiger partial charge in [-0.2, -0.15) is 0 Å². The Balaban J connectivity index is 1.92. The molecule has 0 spiro atoms. The third-order valence-electron chi connectivity index (χ3n) is 4.61. The van der Waals surface area contributed by atoms with Gasteiger partial charge in [-0.1, -0.05) is 12.1 Å². The van der Waals surface area contributed by atoms with Crippen molar-refractivity contribution < 1.29 is 40.2 Å². The van der Waals surface area contributed by atoms with Crippen LogP contribution in [-0.2, 0) is 16.6 Å². The second-order valence-electron chi connectivity index (χ2n) is 6.67. The van der Waals surface area contributed by atoms with Crippen LogP contribution in [0.1, 0.15) is 5.56 Å². The topological polar surface area (TPSA) is 73.9 Å². The smallest absolute Gasteiger partial charge is 0.496 e. The molecule has 0 aliphatic heterocycles. The number of halogens is 4. The van der Waals surface area contributed by atoms with E-state index in [9.17, 15) is 26.0 Å². The van der Waals surface area contributed by atoms with E-state index in [0.29, 0.717) is 28.2 Å². The van der Waals surface area contributed by atoms with Gasteiger partial charge in [-0.05, 0) is 54.1 Å². The van der Waals surface area contributed by atoms with Gasteiger partial charge in [0.25, 0.3) is 0 Å². The first-order valence-corrected chi connectivity index (χ1v) is 10.9. The van der Waals surface area contributed by atoms with Crippen molar-refractivity contribution in [2.24, 2.45) is 0 Å². The lowest BCUT2D eigenvalue weighted by Gasteiger charge is -2.17. The zero-order valence-corrected chi connectivity index (χ0v) is 18.3. The molecule has 11 heteroatoms. The molecular weight excluding hydrogens is 466 g/mol. The second kappa shape index (κ2) is 9.67. The van der Waals surface area contributed by atoms with Crippen LogP contribution in [0.25, 0.3) is 11.1 Å². The van der Waals surface area contributed by atoms with Crippen LogP contribution in [0.5, 0.6) is 17.2 Å². The normalized spacial score (nSPS) is 11.8. The average molecular weight is 485 g/mol. The minimum absolute atomic E-state index is 0.248. The van der Waals surface area contributed by atoms with E-state index in [0.717, 1.165) is 24.3 Å². The Hall–Kier alpha value is -3.31. The first kappa shape index (κ1) is 24.3. The van der Waals surface area contributed by atoms with Crippen molar-refractivity contribution in [1.29, 1.82) is 0 Å². The lowest BCUT2D eigenvalue weighted by molar-refractivity contribution is -0.274. The fourth-order valence-electron chi connectivity index (χ4n) is 3.15. The number of ether oxygens (including phenoxy) is 3. The van der Waals surface area contributed by atoms with Crippen molar-refractivity contribution >= 4 is 10.0 Å². The minimum Gasteiger partial charge on any atom is -0.496 e. The SMILES string of the molecule is COc1ccc(F)cc1-c1cccc(OC)c1CNS(=O)(=O)c1ccc(OC(F)(F)F)cc1. The third-order valence-corrected chi connectivity index (χ3v) is 6.03. The van der Waals surface area contributed by atoms with E-state index in [-0.39, 0.29) is 11.4 Å². The summed E-state index contributed by atoms with van der Waals surface area (Å²) >= 11 is 0. The maximum atomic E-state index is 13.9. The van der Waals surface area contributed by atoms with Gasteiger partial charge < -0.3 is 14.2 Å². The summed E-state index contributed by atoms with van der Waals surface area (Å²) in [5, 5.41) is 0. The summed E-state index contributed by atoms with van der Waals surface area (Å²) in [5.41, 5.74) is 1.27. The monoisotopic (exact) mass is 485 g/mol. The summed E-state index contributed by atoms with van der Waals surface area (Å²) in [6, 6.07) is 12.6.